The van der Waals surface area contributed by atoms with Gasteiger partial charge in [0.2, 0.25) is 0 Å². The van der Waals surface area contributed by atoms with Crippen LogP contribution >= 0.6 is 0 Å². The topological polar surface area (TPSA) is 110 Å². The van der Waals surface area contributed by atoms with Crippen LogP contribution in [0, 0.1) is 0 Å². The van der Waals surface area contributed by atoms with Crippen molar-refractivity contribution in [2.75, 3.05) is 0 Å². The molecule has 0 amide bonds. The average molecular weight is 162 g/mol. The zero-order valence-electron chi connectivity index (χ0n) is 5.70. The van der Waals surface area contributed by atoms with E-state index in [9.17, 15) is 0 Å². The van der Waals surface area contributed by atoms with Gasteiger partial charge in [-0.3, -0.25) is 17.8 Å². The fourth-order valence-electron chi connectivity index (χ4n) is 0. The molecule has 0 unspecified atom stereocenters. The molecular weight excluding hydrogens is 160 g/mol. The van der Waals surface area contributed by atoms with E-state index in [-0.39, 0.29) is 88.7 Å². The van der Waals surface area contributed by atoms with Gasteiger partial charge in [0.05, 0.1) is 0 Å². The molecule has 0 fully saturated rings. The maximum absolute atomic E-state index is 8.42. The molecule has 38 valence electrons. The van der Waals surface area contributed by atoms with Crippen molar-refractivity contribution in [3.63, 3.8) is 0 Å². The summed E-state index contributed by atoms with van der Waals surface area (Å²) in [6.45, 7) is 0. The molecule has 0 aliphatic rings. The molecule has 9 heteroatoms. The minimum atomic E-state index is -2.92. The Bertz CT molecular complexity index is 16.9. The molecule has 2 N–H and O–H groups in total. The molecule has 0 aliphatic carbocycles. The first kappa shape index (κ1) is 29.7. The smallest absolute Gasteiger partial charge is 0.907 e. The van der Waals surface area contributed by atoms with E-state index in [4.69, 9.17) is 25.6 Å². The summed E-state index contributed by atoms with van der Waals surface area (Å²) in [6.07, 6.45) is 0. The summed E-state index contributed by atoms with van der Waals surface area (Å²) < 4.78 is 0. The standard InChI is InChI=1S/BO3.3Na.H2O2/c2-1(3)4;;;;1-2/h;;;;1-2H/q-3;3*+1;. The average Bonchev–Trinajstić information content (AvgIpc) is 1.41. The molecule has 0 saturated carbocycles. The van der Waals surface area contributed by atoms with Crippen molar-refractivity contribution in [1.82, 2.24) is 0 Å². The summed E-state index contributed by atoms with van der Waals surface area (Å²) in [6, 6.07) is 0. The predicted octanol–water partition coefficient (Wildman–Crippen LogP) is -12.9. The van der Waals surface area contributed by atoms with Crippen LogP contribution in [0.4, 0.5) is 0 Å². The molecule has 0 aliphatic heterocycles. The molecule has 9 heavy (non-hydrogen) atoms. The Morgan fingerprint density at radius 2 is 0.778 bits per heavy atom. The van der Waals surface area contributed by atoms with Crippen molar-refractivity contribution in [2.24, 2.45) is 0 Å². The van der Waals surface area contributed by atoms with Crippen LogP contribution in [0.1, 0.15) is 0 Å². The second kappa shape index (κ2) is 30.7. The van der Waals surface area contributed by atoms with Crippen molar-refractivity contribution in [2.45, 2.75) is 0 Å². The predicted molar refractivity (Wildman–Crippen MR) is 11.0 cm³/mol. The van der Waals surface area contributed by atoms with Gasteiger partial charge in [0, 0.05) is 0 Å². The van der Waals surface area contributed by atoms with Crippen molar-refractivity contribution in [3.8, 4) is 0 Å². The Kier molecular flexibility index (Phi) is 102. The second-order valence-electron chi connectivity index (χ2n) is 0.289. The second-order valence-corrected chi connectivity index (χ2v) is 0.289. The van der Waals surface area contributed by atoms with Crippen LogP contribution in [0.15, 0.2) is 0 Å². The molecule has 0 heterocycles. The third kappa shape index (κ3) is 104. The molecule has 5 nitrogen and oxygen atoms in total. The van der Waals surface area contributed by atoms with Crippen LogP contribution in [-0.2, 0) is 0 Å². The molecule has 0 bridgehead atoms. The number of rotatable bonds is 0. The van der Waals surface area contributed by atoms with E-state index in [0.29, 0.717) is 0 Å². The van der Waals surface area contributed by atoms with Gasteiger partial charge in [-0.05, 0) is 0 Å². The van der Waals surface area contributed by atoms with E-state index >= 15 is 0 Å². The van der Waals surface area contributed by atoms with Crippen molar-refractivity contribution in [1.29, 1.82) is 0 Å². The van der Waals surface area contributed by atoms with Gasteiger partial charge < -0.3 is 15.1 Å². The Balaban J connectivity index is -0.00000000990. The quantitative estimate of drug-likeness (QED) is 0.208. The molecule has 0 aromatic rings. The minimum absolute atomic E-state index is 0. The molecule has 0 radical (unpaired) electrons. The summed E-state index contributed by atoms with van der Waals surface area (Å²) in [5.41, 5.74) is 0. The number of hydrogen-bond acceptors (Lipinski definition) is 5. The monoisotopic (exact) mass is 162 g/mol. The van der Waals surface area contributed by atoms with Gasteiger partial charge in [-0.2, -0.15) is 0 Å². The van der Waals surface area contributed by atoms with E-state index < -0.39 is 7.32 Å². The first-order chi connectivity index (χ1) is 2.73. The third-order valence-corrected chi connectivity index (χ3v) is 0. The first-order valence-electron chi connectivity index (χ1n) is 0.907. The van der Waals surface area contributed by atoms with Crippen LogP contribution in [0.3, 0.4) is 0 Å². The maximum Gasteiger partial charge on any atom is 1.00 e. The van der Waals surface area contributed by atoms with E-state index in [1.165, 1.54) is 0 Å². The summed E-state index contributed by atoms with van der Waals surface area (Å²) in [7, 11) is -2.92. The molecule has 0 aromatic heterocycles. The Morgan fingerprint density at radius 3 is 0.778 bits per heavy atom. The van der Waals surface area contributed by atoms with Gasteiger partial charge >= 0.3 is 88.7 Å². The zero-order chi connectivity index (χ0) is 5.58. The van der Waals surface area contributed by atoms with E-state index in [2.05, 4.69) is 0 Å². The van der Waals surface area contributed by atoms with Crippen LogP contribution in [0.25, 0.3) is 0 Å². The first-order valence-corrected chi connectivity index (χ1v) is 0.907. The fourth-order valence-corrected chi connectivity index (χ4v) is 0. The van der Waals surface area contributed by atoms with Crippen molar-refractivity contribution < 1.29 is 114 Å². The molecule has 0 saturated heterocycles. The van der Waals surface area contributed by atoms with Gasteiger partial charge in [-0.15, -0.1) is 0 Å². The summed E-state index contributed by atoms with van der Waals surface area (Å²) in [4.78, 5) is 0. The Morgan fingerprint density at radius 1 is 0.778 bits per heavy atom. The summed E-state index contributed by atoms with van der Waals surface area (Å²) >= 11 is 0. The van der Waals surface area contributed by atoms with Crippen molar-refractivity contribution >= 4 is 7.32 Å². The zero-order valence-corrected chi connectivity index (χ0v) is 11.7. The van der Waals surface area contributed by atoms with E-state index in [1.54, 1.807) is 0 Å². The van der Waals surface area contributed by atoms with Gasteiger partial charge in [0.1, 0.15) is 0 Å². The third-order valence-electron chi connectivity index (χ3n) is 0. The van der Waals surface area contributed by atoms with Crippen LogP contribution in [0.2, 0.25) is 0 Å². The fraction of sp³-hybridized carbons (Fsp3) is 0. The van der Waals surface area contributed by atoms with Crippen LogP contribution < -0.4 is 104 Å². The minimum Gasteiger partial charge on any atom is -0.907 e. The Labute approximate surface area is 119 Å². The van der Waals surface area contributed by atoms with Gasteiger partial charge in [0.25, 0.3) is 0 Å². The summed E-state index contributed by atoms with van der Waals surface area (Å²) in [5.74, 6) is 0. The molecule has 0 rings (SSSR count). The van der Waals surface area contributed by atoms with Gasteiger partial charge in [-0.1, -0.05) is 0 Å². The van der Waals surface area contributed by atoms with Crippen molar-refractivity contribution in [3.05, 3.63) is 0 Å². The molecule has 0 aromatic carbocycles. The Hall–Kier alpha value is 2.86. The maximum atomic E-state index is 8.42. The molecular formula is H2BNa3O5. The van der Waals surface area contributed by atoms with Crippen LogP contribution in [-0.4, -0.2) is 17.8 Å². The van der Waals surface area contributed by atoms with E-state index in [1.807, 2.05) is 0 Å². The number of hydrogen-bond donors (Lipinski definition) is 2. The molecule has 0 atom stereocenters. The van der Waals surface area contributed by atoms with E-state index in [0.717, 1.165) is 0 Å². The normalized spacial score (nSPS) is 3.67. The largest absolute Gasteiger partial charge is 1.00 e. The van der Waals surface area contributed by atoms with Gasteiger partial charge in [-0.25, -0.2) is 0 Å². The SMILES string of the molecule is OO.[Na+].[Na+].[Na+].[O-]B([O-])[O-]. The molecule has 0 spiro atoms. The summed E-state index contributed by atoms with van der Waals surface area (Å²) in [5, 5.41) is 37.2. The van der Waals surface area contributed by atoms with Gasteiger partial charge in [0.15, 0.2) is 0 Å². The van der Waals surface area contributed by atoms with Crippen LogP contribution in [0.5, 0.6) is 0 Å².